The van der Waals surface area contributed by atoms with Gasteiger partial charge in [0.2, 0.25) is 0 Å². The summed E-state index contributed by atoms with van der Waals surface area (Å²) in [6.45, 7) is 2.23. The van der Waals surface area contributed by atoms with E-state index in [0.29, 0.717) is 18.1 Å². The third-order valence-corrected chi connectivity index (χ3v) is 4.35. The van der Waals surface area contributed by atoms with Crippen LogP contribution in [0.3, 0.4) is 0 Å². The third-order valence-electron chi connectivity index (χ3n) is 4.35. The van der Waals surface area contributed by atoms with E-state index in [1.165, 1.54) is 12.8 Å². The molecule has 3 nitrogen and oxygen atoms in total. The summed E-state index contributed by atoms with van der Waals surface area (Å²) in [5.74, 6) is 0.119. The Kier molecular flexibility index (Phi) is 4.39. The van der Waals surface area contributed by atoms with Gasteiger partial charge in [0.25, 0.3) is 0 Å². The van der Waals surface area contributed by atoms with Gasteiger partial charge in [0.15, 0.2) is 0 Å². The largest absolute Gasteiger partial charge is 0.463 e. The topological polar surface area (TPSA) is 35.5 Å². The molecule has 1 fully saturated rings. The first-order valence-corrected chi connectivity index (χ1v) is 7.89. The molecule has 0 aromatic heterocycles. The van der Waals surface area contributed by atoms with Crippen LogP contribution in [0.5, 0.6) is 0 Å². The zero-order chi connectivity index (χ0) is 14.7. The molecule has 3 rings (SSSR count). The van der Waals surface area contributed by atoms with E-state index >= 15 is 0 Å². The van der Waals surface area contributed by atoms with Crippen LogP contribution >= 0.6 is 0 Å². The van der Waals surface area contributed by atoms with Crippen LogP contribution in [0.4, 0.5) is 0 Å². The summed E-state index contributed by atoms with van der Waals surface area (Å²) in [5.41, 5.74) is 1.70. The van der Waals surface area contributed by atoms with Crippen LogP contribution in [0, 0.1) is 5.92 Å². The number of ether oxygens (including phenoxy) is 2. The Labute approximate surface area is 125 Å². The highest BCUT2D eigenvalue weighted by molar-refractivity contribution is 5.90. The van der Waals surface area contributed by atoms with Gasteiger partial charge in [-0.25, -0.2) is 4.79 Å². The van der Waals surface area contributed by atoms with E-state index in [1.807, 2.05) is 37.3 Å². The Bertz CT molecular complexity index is 521. The number of carbonyl (C=O) groups is 1. The summed E-state index contributed by atoms with van der Waals surface area (Å²) in [7, 11) is 0. The maximum Gasteiger partial charge on any atom is 0.336 e. The number of benzene rings is 1. The molecule has 21 heavy (non-hydrogen) atoms. The molecule has 0 N–H and O–H groups in total. The van der Waals surface area contributed by atoms with Gasteiger partial charge < -0.3 is 9.47 Å². The molecule has 1 aliphatic carbocycles. The van der Waals surface area contributed by atoms with Gasteiger partial charge in [0, 0.05) is 5.92 Å². The van der Waals surface area contributed by atoms with Gasteiger partial charge in [-0.3, -0.25) is 0 Å². The molecule has 1 aromatic carbocycles. The number of carbonyl (C=O) groups excluding carboxylic acids is 1. The first kappa shape index (κ1) is 14.3. The second-order valence-electron chi connectivity index (χ2n) is 5.76. The maximum absolute atomic E-state index is 12.3. The molecular formula is C18H22O3. The highest BCUT2D eigenvalue weighted by Gasteiger charge is 2.37. The lowest BCUT2D eigenvalue weighted by molar-refractivity contribution is -0.142. The zero-order valence-electron chi connectivity index (χ0n) is 12.5. The van der Waals surface area contributed by atoms with E-state index in [9.17, 15) is 4.79 Å². The van der Waals surface area contributed by atoms with Gasteiger partial charge in [-0.05, 0) is 25.3 Å². The molecule has 0 amide bonds. The molecule has 1 saturated carbocycles. The molecule has 1 heterocycles. The molecule has 0 spiro atoms. The van der Waals surface area contributed by atoms with Crippen molar-refractivity contribution in [2.24, 2.45) is 5.92 Å². The number of fused-ring (bicyclic) bond motifs is 1. The average Bonchev–Trinajstić information content (AvgIpc) is 2.54. The van der Waals surface area contributed by atoms with E-state index in [-0.39, 0.29) is 18.2 Å². The molecule has 0 radical (unpaired) electrons. The van der Waals surface area contributed by atoms with Crippen molar-refractivity contribution in [3.05, 3.63) is 47.5 Å². The summed E-state index contributed by atoms with van der Waals surface area (Å²) in [4.78, 5) is 12.3. The van der Waals surface area contributed by atoms with Crippen LogP contribution in [-0.4, -0.2) is 18.7 Å². The summed E-state index contributed by atoms with van der Waals surface area (Å²) in [6, 6.07) is 9.97. The first-order chi connectivity index (χ1) is 10.3. The molecule has 2 aliphatic rings. The first-order valence-electron chi connectivity index (χ1n) is 7.89. The van der Waals surface area contributed by atoms with Gasteiger partial charge >= 0.3 is 5.97 Å². The molecule has 1 aliphatic heterocycles. The number of hydrogen-bond donors (Lipinski definition) is 0. The molecular weight excluding hydrogens is 264 g/mol. The fraction of sp³-hybridized carbons (Fsp3) is 0.500. The lowest BCUT2D eigenvalue weighted by Crippen LogP contribution is -2.35. The van der Waals surface area contributed by atoms with Crippen molar-refractivity contribution in [2.45, 2.75) is 44.8 Å². The highest BCUT2D eigenvalue weighted by atomic mass is 16.5. The number of rotatable bonds is 3. The maximum atomic E-state index is 12.3. The second-order valence-corrected chi connectivity index (χ2v) is 5.76. The van der Waals surface area contributed by atoms with Crippen molar-refractivity contribution in [1.82, 2.24) is 0 Å². The van der Waals surface area contributed by atoms with Crippen LogP contribution in [0.15, 0.2) is 42.0 Å². The molecule has 1 aromatic rings. The normalized spacial score (nSPS) is 28.4. The second kappa shape index (κ2) is 6.44. The predicted molar refractivity (Wildman–Crippen MR) is 80.7 cm³/mol. The molecule has 3 heteroatoms. The monoisotopic (exact) mass is 286 g/mol. The predicted octanol–water partition coefficient (Wildman–Crippen LogP) is 3.81. The lowest BCUT2D eigenvalue weighted by Gasteiger charge is -2.38. The van der Waals surface area contributed by atoms with Crippen molar-refractivity contribution in [1.29, 1.82) is 0 Å². The quantitative estimate of drug-likeness (QED) is 0.793. The van der Waals surface area contributed by atoms with Crippen LogP contribution in [0.1, 0.15) is 44.3 Å². The summed E-state index contributed by atoms with van der Waals surface area (Å²) in [6.07, 6.45) is 6.68. The van der Waals surface area contributed by atoms with E-state index in [1.54, 1.807) is 0 Å². The summed E-state index contributed by atoms with van der Waals surface area (Å²) in [5, 5.41) is 0. The Balaban J connectivity index is 1.93. The fourth-order valence-electron chi connectivity index (χ4n) is 3.33. The Morgan fingerprint density at radius 3 is 2.76 bits per heavy atom. The summed E-state index contributed by atoms with van der Waals surface area (Å²) >= 11 is 0. The minimum atomic E-state index is -0.287. The highest BCUT2D eigenvalue weighted by Crippen LogP contribution is 2.40. The Hall–Kier alpha value is -1.61. The van der Waals surface area contributed by atoms with Gasteiger partial charge in [0.1, 0.15) is 6.10 Å². The molecule has 3 atom stereocenters. The smallest absolute Gasteiger partial charge is 0.336 e. The van der Waals surface area contributed by atoms with Crippen LogP contribution < -0.4 is 0 Å². The molecule has 0 saturated heterocycles. The average molecular weight is 286 g/mol. The van der Waals surface area contributed by atoms with Crippen LogP contribution in [-0.2, 0) is 14.3 Å². The third kappa shape index (κ3) is 3.03. The SMILES string of the molecule is CCOC(=O)C1=C[C@H]2CCCC[C@@H]2O[C@@H]1c1ccccc1. The molecule has 0 unspecified atom stereocenters. The van der Waals surface area contributed by atoms with E-state index < -0.39 is 0 Å². The minimum absolute atomic E-state index is 0.238. The van der Waals surface area contributed by atoms with Gasteiger partial charge in [-0.1, -0.05) is 49.2 Å². The van der Waals surface area contributed by atoms with E-state index in [4.69, 9.17) is 9.47 Å². The van der Waals surface area contributed by atoms with E-state index in [0.717, 1.165) is 18.4 Å². The van der Waals surface area contributed by atoms with Crippen LogP contribution in [0.2, 0.25) is 0 Å². The van der Waals surface area contributed by atoms with Gasteiger partial charge in [-0.2, -0.15) is 0 Å². The van der Waals surface area contributed by atoms with Crippen molar-refractivity contribution in [3.8, 4) is 0 Å². The van der Waals surface area contributed by atoms with Crippen molar-refractivity contribution >= 4 is 5.97 Å². The Morgan fingerprint density at radius 1 is 1.24 bits per heavy atom. The molecule has 0 bridgehead atoms. The van der Waals surface area contributed by atoms with Gasteiger partial charge in [-0.15, -0.1) is 0 Å². The fourth-order valence-corrected chi connectivity index (χ4v) is 3.33. The van der Waals surface area contributed by atoms with E-state index in [2.05, 4.69) is 6.08 Å². The Morgan fingerprint density at radius 2 is 2.00 bits per heavy atom. The van der Waals surface area contributed by atoms with Gasteiger partial charge in [0.05, 0.1) is 18.3 Å². The molecule has 112 valence electrons. The van der Waals surface area contributed by atoms with Crippen molar-refractivity contribution in [3.63, 3.8) is 0 Å². The van der Waals surface area contributed by atoms with Crippen molar-refractivity contribution in [2.75, 3.05) is 6.61 Å². The minimum Gasteiger partial charge on any atom is -0.463 e. The number of hydrogen-bond acceptors (Lipinski definition) is 3. The lowest BCUT2D eigenvalue weighted by atomic mass is 9.81. The number of esters is 1. The zero-order valence-corrected chi connectivity index (χ0v) is 12.5. The standard InChI is InChI=1S/C18H22O3/c1-2-20-18(19)15-12-14-10-6-7-11-16(14)21-17(15)13-8-4-3-5-9-13/h3-5,8-9,12,14,16-17H,2,6-7,10-11H2,1H3/t14-,16+,17-/m1/s1. The summed E-state index contributed by atoms with van der Waals surface area (Å²) < 4.78 is 11.5. The van der Waals surface area contributed by atoms with Crippen LogP contribution in [0.25, 0.3) is 0 Å². The van der Waals surface area contributed by atoms with Crippen molar-refractivity contribution < 1.29 is 14.3 Å².